The lowest BCUT2D eigenvalue weighted by Crippen LogP contribution is -2.38. The van der Waals surface area contributed by atoms with E-state index in [1.54, 1.807) is 60.7 Å². The van der Waals surface area contributed by atoms with E-state index >= 15 is 0 Å². The lowest BCUT2D eigenvalue weighted by molar-refractivity contribution is -0.114. The van der Waals surface area contributed by atoms with Crippen LogP contribution in [0.25, 0.3) is 0 Å². The van der Waals surface area contributed by atoms with Crippen molar-refractivity contribution in [2.24, 2.45) is 0 Å². The van der Waals surface area contributed by atoms with Crippen molar-refractivity contribution in [3.05, 3.63) is 78.4 Å². The van der Waals surface area contributed by atoms with Gasteiger partial charge in [-0.25, -0.2) is 8.42 Å². The molecule has 1 amide bonds. The molecule has 0 aromatic heterocycles. The zero-order valence-electron chi connectivity index (χ0n) is 18.9. The normalized spacial score (nSPS) is 11.0. The van der Waals surface area contributed by atoms with E-state index < -0.39 is 22.5 Å². The van der Waals surface area contributed by atoms with Crippen LogP contribution in [0, 0.1) is 6.92 Å². The maximum Gasteiger partial charge on any atom is 0.264 e. The Morgan fingerprint density at radius 3 is 2.15 bits per heavy atom. The first kappa shape index (κ1) is 24.1. The van der Waals surface area contributed by atoms with Crippen molar-refractivity contribution in [2.45, 2.75) is 25.7 Å². The number of sulfonamides is 1. The molecular formula is C25H28N2O5S. The van der Waals surface area contributed by atoms with Crippen molar-refractivity contribution < 1.29 is 22.7 Å². The number of carbonyl (C=O) groups is 1. The van der Waals surface area contributed by atoms with Crippen LogP contribution in [-0.4, -0.2) is 34.1 Å². The van der Waals surface area contributed by atoms with Gasteiger partial charge in [-0.1, -0.05) is 23.8 Å². The van der Waals surface area contributed by atoms with E-state index in [9.17, 15) is 13.2 Å². The summed E-state index contributed by atoms with van der Waals surface area (Å²) in [5, 5.41) is 2.76. The highest BCUT2D eigenvalue weighted by Crippen LogP contribution is 2.26. The molecule has 33 heavy (non-hydrogen) atoms. The van der Waals surface area contributed by atoms with Crippen LogP contribution in [0.15, 0.2) is 77.7 Å². The third-order valence-corrected chi connectivity index (χ3v) is 6.55. The van der Waals surface area contributed by atoms with Crippen LogP contribution in [0.1, 0.15) is 19.4 Å². The lowest BCUT2D eigenvalue weighted by Gasteiger charge is -2.24. The molecule has 0 fully saturated rings. The molecule has 0 aliphatic rings. The Morgan fingerprint density at radius 2 is 1.52 bits per heavy atom. The van der Waals surface area contributed by atoms with Gasteiger partial charge in [-0.3, -0.25) is 9.10 Å². The molecule has 3 aromatic rings. The van der Waals surface area contributed by atoms with Gasteiger partial charge in [0.05, 0.1) is 23.8 Å². The van der Waals surface area contributed by atoms with Gasteiger partial charge in [-0.15, -0.1) is 0 Å². The molecule has 0 atom stereocenters. The fraction of sp³-hybridized carbons (Fsp3) is 0.240. The smallest absolute Gasteiger partial charge is 0.264 e. The monoisotopic (exact) mass is 468 g/mol. The van der Waals surface area contributed by atoms with Crippen molar-refractivity contribution in [3.63, 3.8) is 0 Å². The number of carbonyl (C=O) groups excluding carboxylic acids is 1. The second kappa shape index (κ2) is 10.9. The Kier molecular flexibility index (Phi) is 7.95. The van der Waals surface area contributed by atoms with Gasteiger partial charge in [0.2, 0.25) is 5.91 Å². The minimum atomic E-state index is -4.01. The first-order valence-electron chi connectivity index (χ1n) is 10.7. The molecule has 0 radical (unpaired) electrons. The zero-order valence-corrected chi connectivity index (χ0v) is 19.8. The van der Waals surface area contributed by atoms with Crippen LogP contribution in [0.5, 0.6) is 11.5 Å². The minimum Gasteiger partial charge on any atom is -0.494 e. The van der Waals surface area contributed by atoms with Gasteiger partial charge in [-0.05, 0) is 69.3 Å². The SMILES string of the molecule is CCOc1ccc(S(=O)(=O)N(CC(=O)Nc2cccc(OCC)c2)c2ccc(C)cc2)cc1. The number of nitrogens with zero attached hydrogens (tertiary/aromatic N) is 1. The fourth-order valence-electron chi connectivity index (χ4n) is 3.19. The molecule has 0 bridgehead atoms. The summed E-state index contributed by atoms with van der Waals surface area (Å²) >= 11 is 0. The number of ether oxygens (including phenoxy) is 2. The Labute approximate surface area is 195 Å². The number of hydrogen-bond acceptors (Lipinski definition) is 5. The van der Waals surface area contributed by atoms with Crippen LogP contribution in [0.4, 0.5) is 11.4 Å². The van der Waals surface area contributed by atoms with Crippen LogP contribution in [0.3, 0.4) is 0 Å². The number of amides is 1. The highest BCUT2D eigenvalue weighted by Gasteiger charge is 2.27. The van der Waals surface area contributed by atoms with Crippen molar-refractivity contribution in [1.29, 1.82) is 0 Å². The molecule has 7 nitrogen and oxygen atoms in total. The van der Waals surface area contributed by atoms with Gasteiger partial charge >= 0.3 is 0 Å². The summed E-state index contributed by atoms with van der Waals surface area (Å²) in [5.41, 5.74) is 1.90. The molecule has 0 heterocycles. The molecular weight excluding hydrogens is 440 g/mol. The van der Waals surface area contributed by atoms with E-state index in [4.69, 9.17) is 9.47 Å². The summed E-state index contributed by atoms with van der Waals surface area (Å²) < 4.78 is 39.0. The molecule has 0 saturated heterocycles. The quantitative estimate of drug-likeness (QED) is 0.469. The number of nitrogens with one attached hydrogen (secondary N) is 1. The number of rotatable bonds is 10. The van der Waals surface area contributed by atoms with Crippen molar-refractivity contribution >= 4 is 27.3 Å². The van der Waals surface area contributed by atoms with E-state index in [1.165, 1.54) is 12.1 Å². The van der Waals surface area contributed by atoms with Crippen molar-refractivity contribution in [1.82, 2.24) is 0 Å². The number of hydrogen-bond donors (Lipinski definition) is 1. The molecule has 0 saturated carbocycles. The molecule has 0 aliphatic heterocycles. The summed E-state index contributed by atoms with van der Waals surface area (Å²) in [4.78, 5) is 12.9. The first-order chi connectivity index (χ1) is 15.8. The predicted molar refractivity (Wildman–Crippen MR) is 130 cm³/mol. The maximum absolute atomic E-state index is 13.5. The molecule has 0 spiro atoms. The Hall–Kier alpha value is -3.52. The Morgan fingerprint density at radius 1 is 0.879 bits per heavy atom. The molecule has 8 heteroatoms. The van der Waals surface area contributed by atoms with E-state index in [0.717, 1.165) is 9.87 Å². The predicted octanol–water partition coefficient (Wildman–Crippen LogP) is 4.63. The van der Waals surface area contributed by atoms with Crippen LogP contribution >= 0.6 is 0 Å². The van der Waals surface area contributed by atoms with Gasteiger partial charge in [-0.2, -0.15) is 0 Å². The highest BCUT2D eigenvalue weighted by atomic mass is 32.2. The standard InChI is InChI=1S/C25H28N2O5S/c1-4-31-22-13-15-24(16-14-22)33(29,30)27(21-11-9-19(3)10-12-21)18-25(28)26-20-7-6-8-23(17-20)32-5-2/h6-17H,4-5,18H2,1-3H3,(H,26,28). The molecule has 174 valence electrons. The van der Waals surface area contributed by atoms with E-state index in [1.807, 2.05) is 20.8 Å². The van der Waals surface area contributed by atoms with Gasteiger partial charge in [0.25, 0.3) is 10.0 Å². The number of aryl methyl sites for hydroxylation is 1. The summed E-state index contributed by atoms with van der Waals surface area (Å²) in [7, 11) is -4.01. The van der Waals surface area contributed by atoms with Gasteiger partial charge < -0.3 is 14.8 Å². The molecule has 0 aliphatic carbocycles. The van der Waals surface area contributed by atoms with Crippen LogP contribution in [0.2, 0.25) is 0 Å². The average Bonchev–Trinajstić information content (AvgIpc) is 2.79. The first-order valence-corrected chi connectivity index (χ1v) is 12.1. The fourth-order valence-corrected chi connectivity index (χ4v) is 4.61. The highest BCUT2D eigenvalue weighted by molar-refractivity contribution is 7.92. The van der Waals surface area contributed by atoms with Crippen LogP contribution in [-0.2, 0) is 14.8 Å². The van der Waals surface area contributed by atoms with Gasteiger partial charge in [0, 0.05) is 11.8 Å². The molecule has 0 unspecified atom stereocenters. The van der Waals surface area contributed by atoms with Gasteiger partial charge in [0.15, 0.2) is 0 Å². The number of anilines is 2. The van der Waals surface area contributed by atoms with Crippen LogP contribution < -0.4 is 19.1 Å². The van der Waals surface area contributed by atoms with E-state index in [2.05, 4.69) is 5.32 Å². The minimum absolute atomic E-state index is 0.0673. The summed E-state index contributed by atoms with van der Waals surface area (Å²) in [6.07, 6.45) is 0. The second-order valence-electron chi connectivity index (χ2n) is 7.26. The summed E-state index contributed by atoms with van der Waals surface area (Å²) in [5.74, 6) is 0.719. The van der Waals surface area contributed by atoms with E-state index in [-0.39, 0.29) is 4.90 Å². The zero-order chi connectivity index (χ0) is 23.8. The van der Waals surface area contributed by atoms with Gasteiger partial charge in [0.1, 0.15) is 18.0 Å². The molecule has 1 N–H and O–H groups in total. The summed E-state index contributed by atoms with van der Waals surface area (Å²) in [6, 6.07) is 20.1. The van der Waals surface area contributed by atoms with Crippen molar-refractivity contribution in [3.8, 4) is 11.5 Å². The largest absolute Gasteiger partial charge is 0.494 e. The Bertz CT molecular complexity index is 1180. The topological polar surface area (TPSA) is 84.9 Å². The average molecular weight is 469 g/mol. The molecule has 3 rings (SSSR count). The lowest BCUT2D eigenvalue weighted by atomic mass is 10.2. The third-order valence-electron chi connectivity index (χ3n) is 4.76. The maximum atomic E-state index is 13.5. The third kappa shape index (κ3) is 6.26. The second-order valence-corrected chi connectivity index (χ2v) is 9.12. The van der Waals surface area contributed by atoms with E-state index in [0.29, 0.717) is 36.1 Å². The Balaban J connectivity index is 1.89. The summed E-state index contributed by atoms with van der Waals surface area (Å²) in [6.45, 7) is 6.22. The number of benzene rings is 3. The molecule has 3 aromatic carbocycles. The van der Waals surface area contributed by atoms with Crippen molar-refractivity contribution in [2.75, 3.05) is 29.4 Å².